The number of rotatable bonds is 5. The van der Waals surface area contributed by atoms with Gasteiger partial charge in [0, 0.05) is 13.6 Å². The van der Waals surface area contributed by atoms with Gasteiger partial charge in [-0.3, -0.25) is 4.79 Å². The minimum absolute atomic E-state index is 0.178. The second kappa shape index (κ2) is 5.84. The first-order valence-corrected chi connectivity index (χ1v) is 8.78. The maximum absolute atomic E-state index is 11.6. The molecule has 5 heteroatoms. The summed E-state index contributed by atoms with van der Waals surface area (Å²) in [5, 5.41) is 0. The number of hydrogen-bond acceptors (Lipinski definition) is 4. The molecule has 1 unspecified atom stereocenters. The highest BCUT2D eigenvalue weighted by molar-refractivity contribution is 6.76. The van der Waals surface area contributed by atoms with Crippen molar-refractivity contribution in [3.05, 3.63) is 12.2 Å². The van der Waals surface area contributed by atoms with Gasteiger partial charge >= 0.3 is 11.9 Å². The quantitative estimate of drug-likeness (QED) is 0.421. The molecule has 0 aromatic rings. The first-order chi connectivity index (χ1) is 7.22. The van der Waals surface area contributed by atoms with Crippen molar-refractivity contribution in [2.45, 2.75) is 25.7 Å². The summed E-state index contributed by atoms with van der Waals surface area (Å²) >= 11 is 0. The number of hydrogen-bond donors (Lipinski definition) is 0. The van der Waals surface area contributed by atoms with Crippen LogP contribution in [0.25, 0.3) is 0 Å². The van der Waals surface area contributed by atoms with E-state index in [4.69, 9.17) is 0 Å². The SMILES string of the molecule is C=C(C(=O)OC)C(C[Si](C)(C)C)C(=O)OC. The molecule has 1 atom stereocenters. The predicted octanol–water partition coefficient (Wildman–Crippen LogP) is 1.84. The van der Waals surface area contributed by atoms with Crippen molar-refractivity contribution in [1.82, 2.24) is 0 Å². The molecule has 4 nitrogen and oxygen atoms in total. The van der Waals surface area contributed by atoms with E-state index >= 15 is 0 Å². The van der Waals surface area contributed by atoms with Crippen LogP contribution in [0.3, 0.4) is 0 Å². The fourth-order valence-corrected chi connectivity index (χ4v) is 3.01. The molecule has 0 heterocycles. The Labute approximate surface area is 97.6 Å². The van der Waals surface area contributed by atoms with E-state index in [2.05, 4.69) is 35.7 Å². The van der Waals surface area contributed by atoms with Crippen LogP contribution in [0.4, 0.5) is 0 Å². The van der Waals surface area contributed by atoms with E-state index in [-0.39, 0.29) is 5.57 Å². The van der Waals surface area contributed by atoms with E-state index < -0.39 is 25.9 Å². The second-order valence-corrected chi connectivity index (χ2v) is 10.4. The number of esters is 2. The first-order valence-electron chi connectivity index (χ1n) is 5.08. The van der Waals surface area contributed by atoms with Gasteiger partial charge in [0.1, 0.15) is 0 Å². The van der Waals surface area contributed by atoms with E-state index in [0.717, 1.165) is 0 Å². The Morgan fingerprint density at radius 1 is 1.19 bits per heavy atom. The van der Waals surface area contributed by atoms with E-state index in [0.29, 0.717) is 6.04 Å². The summed E-state index contributed by atoms with van der Waals surface area (Å²) in [6, 6.07) is 0.633. The molecule has 0 aromatic carbocycles. The Bertz CT molecular complexity index is 291. The van der Waals surface area contributed by atoms with Gasteiger partial charge < -0.3 is 9.47 Å². The third kappa shape index (κ3) is 4.61. The van der Waals surface area contributed by atoms with Gasteiger partial charge in [0.15, 0.2) is 0 Å². The predicted molar refractivity (Wildman–Crippen MR) is 64.8 cm³/mol. The van der Waals surface area contributed by atoms with Crippen LogP contribution in [0.1, 0.15) is 0 Å². The van der Waals surface area contributed by atoms with Gasteiger partial charge in [-0.05, 0) is 6.04 Å². The summed E-state index contributed by atoms with van der Waals surface area (Å²) in [4.78, 5) is 22.9. The van der Waals surface area contributed by atoms with Crippen molar-refractivity contribution in [3.63, 3.8) is 0 Å². The summed E-state index contributed by atoms with van der Waals surface area (Å²) in [5.41, 5.74) is 0.178. The first kappa shape index (κ1) is 14.9. The smallest absolute Gasteiger partial charge is 0.333 e. The molecule has 0 aliphatic carbocycles. The Balaban J connectivity index is 4.88. The van der Waals surface area contributed by atoms with E-state index in [9.17, 15) is 9.59 Å². The number of carbonyl (C=O) groups is 2. The minimum Gasteiger partial charge on any atom is -0.469 e. The lowest BCUT2D eigenvalue weighted by Crippen LogP contribution is -2.32. The molecule has 0 aliphatic rings. The Morgan fingerprint density at radius 2 is 1.69 bits per heavy atom. The molecule has 0 radical (unpaired) electrons. The molecule has 0 spiro atoms. The highest BCUT2D eigenvalue weighted by atomic mass is 28.3. The van der Waals surface area contributed by atoms with Crippen molar-refractivity contribution in [2.75, 3.05) is 14.2 Å². The van der Waals surface area contributed by atoms with Gasteiger partial charge in [-0.25, -0.2) is 4.79 Å². The Morgan fingerprint density at radius 3 is 2.00 bits per heavy atom. The highest BCUT2D eigenvalue weighted by Gasteiger charge is 2.32. The molecule has 0 N–H and O–H groups in total. The van der Waals surface area contributed by atoms with Gasteiger partial charge in [0.05, 0.1) is 20.1 Å². The van der Waals surface area contributed by atoms with Crippen LogP contribution >= 0.6 is 0 Å². The lowest BCUT2D eigenvalue weighted by molar-refractivity contribution is -0.146. The monoisotopic (exact) mass is 244 g/mol. The summed E-state index contributed by atoms with van der Waals surface area (Å²) < 4.78 is 9.26. The Hall–Kier alpha value is -1.10. The second-order valence-electron chi connectivity index (χ2n) is 4.86. The van der Waals surface area contributed by atoms with Crippen molar-refractivity contribution >= 4 is 20.0 Å². The largest absolute Gasteiger partial charge is 0.469 e. The molecule has 16 heavy (non-hydrogen) atoms. The zero-order valence-electron chi connectivity index (χ0n) is 10.6. The lowest BCUT2D eigenvalue weighted by atomic mass is 10.0. The molecule has 0 fully saturated rings. The molecule has 0 amide bonds. The maximum Gasteiger partial charge on any atom is 0.333 e. The van der Waals surface area contributed by atoms with E-state index in [1.54, 1.807) is 0 Å². The van der Waals surface area contributed by atoms with Gasteiger partial charge in [0.25, 0.3) is 0 Å². The van der Waals surface area contributed by atoms with Gasteiger partial charge in [-0.2, -0.15) is 0 Å². The van der Waals surface area contributed by atoms with Crippen LogP contribution in [-0.2, 0) is 19.1 Å². The number of ether oxygens (including phenoxy) is 2. The van der Waals surface area contributed by atoms with Crippen molar-refractivity contribution in [1.29, 1.82) is 0 Å². The molecule has 0 aliphatic heterocycles. The van der Waals surface area contributed by atoms with Crippen molar-refractivity contribution < 1.29 is 19.1 Å². The van der Waals surface area contributed by atoms with E-state index in [1.165, 1.54) is 14.2 Å². The molecule has 0 rings (SSSR count). The van der Waals surface area contributed by atoms with Crippen LogP contribution in [0.5, 0.6) is 0 Å². The molecule has 92 valence electrons. The van der Waals surface area contributed by atoms with E-state index in [1.807, 2.05) is 0 Å². The number of carbonyl (C=O) groups excluding carboxylic acids is 2. The lowest BCUT2D eigenvalue weighted by Gasteiger charge is -2.23. The van der Waals surface area contributed by atoms with Crippen molar-refractivity contribution in [3.8, 4) is 0 Å². The third-order valence-electron chi connectivity index (χ3n) is 2.17. The molecule has 0 saturated heterocycles. The third-order valence-corrected chi connectivity index (χ3v) is 3.80. The minimum atomic E-state index is -1.49. The normalized spacial score (nSPS) is 12.8. The average molecular weight is 244 g/mol. The molecular formula is C11H20O4Si. The fraction of sp³-hybridized carbons (Fsp3) is 0.636. The highest BCUT2D eigenvalue weighted by Crippen LogP contribution is 2.24. The zero-order valence-corrected chi connectivity index (χ0v) is 11.6. The Kier molecular flexibility index (Phi) is 5.44. The number of methoxy groups -OCH3 is 2. The zero-order chi connectivity index (χ0) is 12.9. The van der Waals surface area contributed by atoms with Crippen LogP contribution in [0.2, 0.25) is 25.7 Å². The van der Waals surface area contributed by atoms with Crippen LogP contribution in [0, 0.1) is 5.92 Å². The fourth-order valence-electron chi connectivity index (χ4n) is 1.38. The standard InChI is InChI=1S/C11H20O4Si/c1-8(10(12)14-2)9(11(13)15-3)7-16(4,5)6/h9H,1,7H2,2-6H3. The molecule has 0 bridgehead atoms. The van der Waals surface area contributed by atoms with Crippen LogP contribution in [-0.4, -0.2) is 34.2 Å². The molecular weight excluding hydrogens is 224 g/mol. The summed E-state index contributed by atoms with van der Waals surface area (Å²) in [7, 11) is 1.09. The molecule has 0 saturated carbocycles. The van der Waals surface area contributed by atoms with Crippen molar-refractivity contribution in [2.24, 2.45) is 5.92 Å². The summed E-state index contributed by atoms with van der Waals surface area (Å²) in [6.07, 6.45) is 0. The summed E-state index contributed by atoms with van der Waals surface area (Å²) in [5.74, 6) is -1.55. The summed E-state index contributed by atoms with van der Waals surface area (Å²) in [6.45, 7) is 9.98. The topological polar surface area (TPSA) is 52.6 Å². The maximum atomic E-state index is 11.6. The van der Waals surface area contributed by atoms with Crippen LogP contribution < -0.4 is 0 Å². The van der Waals surface area contributed by atoms with Crippen LogP contribution in [0.15, 0.2) is 12.2 Å². The van der Waals surface area contributed by atoms with Gasteiger partial charge in [0.2, 0.25) is 0 Å². The van der Waals surface area contributed by atoms with Gasteiger partial charge in [-0.15, -0.1) is 0 Å². The average Bonchev–Trinajstić information content (AvgIpc) is 2.21. The molecule has 0 aromatic heterocycles. The van der Waals surface area contributed by atoms with Gasteiger partial charge in [-0.1, -0.05) is 26.2 Å².